The van der Waals surface area contributed by atoms with Gasteiger partial charge >= 0.3 is 23.9 Å². The number of piperidine rings is 1. The Morgan fingerprint density at radius 1 is 0.604 bits per heavy atom. The Morgan fingerprint density at radius 2 is 1.14 bits per heavy atom. The maximum Gasteiger partial charge on any atom is 0.308 e. The first kappa shape index (κ1) is 76.5. The van der Waals surface area contributed by atoms with Crippen LogP contribution < -0.4 is 58.9 Å². The number of hydrogen-bond acceptors (Lipinski definition) is 17. The Morgan fingerprint density at radius 3 is 1.70 bits per heavy atom. The molecule has 91 heavy (non-hydrogen) atoms. The number of rotatable bonds is 22. The van der Waals surface area contributed by atoms with Crippen molar-refractivity contribution in [1.82, 2.24) is 63.0 Å². The van der Waals surface area contributed by atoms with Crippen LogP contribution in [0.4, 0.5) is 0 Å². The Kier molecular flexibility index (Phi) is 31.4. The fourth-order valence-electron chi connectivity index (χ4n) is 10.4. The number of fused-ring (bicyclic) bond motifs is 2. The first-order chi connectivity index (χ1) is 42.8. The minimum absolute atomic E-state index is 0.0221. The van der Waals surface area contributed by atoms with E-state index in [2.05, 4.69) is 56.4 Å². The number of amides is 12. The van der Waals surface area contributed by atoms with Crippen molar-refractivity contribution in [3.05, 3.63) is 12.2 Å². The van der Waals surface area contributed by atoms with Gasteiger partial charge in [-0.1, -0.05) is 65.5 Å². The lowest BCUT2D eigenvalue weighted by Gasteiger charge is -2.39. The minimum Gasteiger partial charge on any atom is -0.481 e. The largest absolute Gasteiger partial charge is 0.481 e. The summed E-state index contributed by atoms with van der Waals surface area (Å²) in [6.45, 7) is 8.66. The third kappa shape index (κ3) is 24.8. The third-order valence-electron chi connectivity index (χ3n) is 15.8. The van der Waals surface area contributed by atoms with Crippen molar-refractivity contribution in [3.8, 4) is 0 Å². The number of nitrogens with zero attached hydrogens (tertiary/aromatic N) is 2. The van der Waals surface area contributed by atoms with Gasteiger partial charge in [0.05, 0.1) is 44.3 Å². The van der Waals surface area contributed by atoms with Crippen LogP contribution in [-0.2, 0) is 76.7 Å². The summed E-state index contributed by atoms with van der Waals surface area (Å²) in [6, 6.07) is -18.5. The fourth-order valence-corrected chi connectivity index (χ4v) is 10.4. The van der Waals surface area contributed by atoms with Gasteiger partial charge in [-0.3, -0.25) is 76.7 Å². The van der Waals surface area contributed by atoms with Crippen molar-refractivity contribution in [2.45, 2.75) is 211 Å². The second-order valence-electron chi connectivity index (χ2n) is 23.6. The Hall–Kier alpha value is -8.78. The van der Waals surface area contributed by atoms with Gasteiger partial charge in [0.15, 0.2) is 0 Å². The number of nitrogens with one attached hydrogen (secondary N) is 10. The number of carbonyl (C=O) groups excluding carboxylic acids is 12. The average molecular weight is 1290 g/mol. The molecule has 0 unspecified atom stereocenters. The average Bonchev–Trinajstić information content (AvgIpc) is 1.82. The summed E-state index contributed by atoms with van der Waals surface area (Å²) in [6.07, 6.45) is 5.96. The van der Waals surface area contributed by atoms with Crippen LogP contribution in [0.25, 0.3) is 0 Å². The smallest absolute Gasteiger partial charge is 0.308 e. The molecule has 12 amide bonds. The van der Waals surface area contributed by atoms with Crippen molar-refractivity contribution in [1.29, 1.82) is 0 Å². The zero-order valence-electron chi connectivity index (χ0n) is 52.5. The van der Waals surface area contributed by atoms with Gasteiger partial charge in [-0.05, 0) is 77.6 Å². The molecule has 3 saturated heterocycles. The third-order valence-corrected chi connectivity index (χ3v) is 15.8. The molecule has 0 aromatic rings. The molecule has 3 aliphatic heterocycles. The van der Waals surface area contributed by atoms with Gasteiger partial charge in [0, 0.05) is 25.6 Å². The van der Waals surface area contributed by atoms with Crippen molar-refractivity contribution in [2.75, 3.05) is 26.2 Å². The molecule has 3 rings (SSSR count). The number of unbranched alkanes of at least 4 members (excludes halogenated alkanes) is 3. The summed E-state index contributed by atoms with van der Waals surface area (Å²) >= 11 is 0. The van der Waals surface area contributed by atoms with Crippen molar-refractivity contribution < 1.29 is 97.1 Å². The molecule has 0 aromatic carbocycles. The van der Waals surface area contributed by atoms with Gasteiger partial charge in [0.1, 0.15) is 54.4 Å². The molecule has 16 N–H and O–H groups in total. The van der Waals surface area contributed by atoms with Crippen LogP contribution >= 0.6 is 0 Å². The number of hydrogen-bond donors (Lipinski definition) is 15. The van der Waals surface area contributed by atoms with E-state index in [0.29, 0.717) is 12.3 Å². The monoisotopic (exact) mass is 1290 g/mol. The lowest BCUT2D eigenvalue weighted by molar-refractivity contribution is -0.150. The molecule has 0 aliphatic carbocycles. The van der Waals surface area contributed by atoms with Gasteiger partial charge in [-0.2, -0.15) is 0 Å². The lowest BCUT2D eigenvalue weighted by Crippen LogP contribution is -2.66. The predicted octanol–water partition coefficient (Wildman–Crippen LogP) is -3.41. The van der Waals surface area contributed by atoms with Crippen LogP contribution in [0.3, 0.4) is 0 Å². The molecule has 3 aliphatic rings. The predicted molar refractivity (Wildman–Crippen MR) is 320 cm³/mol. The number of allylic oxidation sites excluding steroid dienone is 1. The molecule has 508 valence electrons. The van der Waals surface area contributed by atoms with Crippen LogP contribution in [0.1, 0.15) is 145 Å². The number of aliphatic carboxylic acids is 4. The van der Waals surface area contributed by atoms with Crippen molar-refractivity contribution in [2.24, 2.45) is 23.5 Å². The van der Waals surface area contributed by atoms with Gasteiger partial charge in [-0.25, -0.2) is 0 Å². The molecule has 33 nitrogen and oxygen atoms in total. The van der Waals surface area contributed by atoms with Gasteiger partial charge in [0.2, 0.25) is 70.9 Å². The topological polar surface area (TPSA) is 507 Å². The van der Waals surface area contributed by atoms with Crippen LogP contribution in [0.2, 0.25) is 0 Å². The highest BCUT2D eigenvalue weighted by molar-refractivity contribution is 6.01. The molecular formula is C58H91N13O20. The molecule has 0 radical (unpaired) electrons. The van der Waals surface area contributed by atoms with E-state index in [-0.39, 0.29) is 51.6 Å². The summed E-state index contributed by atoms with van der Waals surface area (Å²) < 4.78 is 0. The second kappa shape index (κ2) is 37.4. The Bertz CT molecular complexity index is 2710. The van der Waals surface area contributed by atoms with Crippen LogP contribution in [0.15, 0.2) is 12.2 Å². The minimum atomic E-state index is -2.15. The van der Waals surface area contributed by atoms with Gasteiger partial charge in [-0.15, -0.1) is 0 Å². The molecule has 3 heterocycles. The molecule has 0 spiro atoms. The zero-order chi connectivity index (χ0) is 68.4. The van der Waals surface area contributed by atoms with E-state index in [9.17, 15) is 92.3 Å². The molecule has 3 fully saturated rings. The summed E-state index contributed by atoms with van der Waals surface area (Å²) in [5.74, 6) is -21.9. The molecule has 33 heteroatoms. The first-order valence-electron chi connectivity index (χ1n) is 30.6. The maximum absolute atomic E-state index is 15.2. The summed E-state index contributed by atoms with van der Waals surface area (Å²) in [5.41, 5.74) is 6.11. The number of carboxylic acid groups (broad SMARTS) is 4. The molecule has 0 aromatic heterocycles. The Balaban J connectivity index is 2.17. The number of carbonyl (C=O) groups is 16. The zero-order valence-corrected chi connectivity index (χ0v) is 52.5. The number of carboxylic acids is 4. The summed E-state index contributed by atoms with van der Waals surface area (Å²) in [4.78, 5) is 218. The maximum atomic E-state index is 15.2. The quantitative estimate of drug-likeness (QED) is 0.0371. The van der Waals surface area contributed by atoms with Crippen molar-refractivity contribution in [3.63, 3.8) is 0 Å². The standard InChI is InChI=1S/C58H91N13O20/c1-8-30(4)18-13-11-9-10-12-14-21-39(72)63-36(26-44(79)80)51(83)69-48-33(7)62-52(84)38-20-17-23-71(38)56(88)45(29(2)3)67-55(87)47(32(6)59)66-41(74)28-61-49(81)34(24-42(75)76)64-40(73)27-60-50(82)35(25-43(77)78)65-54(86)46(31(5)58(90)91)68-53(85)37-19-15-16-22-70(37)57(48)89/h12,14,29-38,45-48H,8-11,13,15-28,59H2,1-7H3,(H,60,82)(H,61,81)(H,62,84)(H,63,72)(H,64,73)(H,65,86)(H,66,74)(H,67,87)(H,68,85)(H,69,83)(H,75,76)(H,77,78)(H,79,80)(H,90,91)/b14-12-/t30-,31+,32-,33+,34-,35-,36-,37+,38-,45-,46-,47+,48-/m0/s1. The van der Waals surface area contributed by atoms with Gasteiger partial charge in [0.25, 0.3) is 0 Å². The van der Waals surface area contributed by atoms with E-state index < -0.39 is 205 Å². The highest BCUT2D eigenvalue weighted by Gasteiger charge is 2.45. The molecule has 0 bridgehead atoms. The second-order valence-corrected chi connectivity index (χ2v) is 23.6. The first-order valence-corrected chi connectivity index (χ1v) is 30.6. The van der Waals surface area contributed by atoms with Crippen LogP contribution in [-0.4, -0.2) is 218 Å². The summed E-state index contributed by atoms with van der Waals surface area (Å²) in [7, 11) is 0. The molecule has 0 saturated carbocycles. The van der Waals surface area contributed by atoms with E-state index in [0.717, 1.165) is 48.8 Å². The Labute approximate surface area is 526 Å². The van der Waals surface area contributed by atoms with E-state index in [1.807, 2.05) is 10.6 Å². The highest BCUT2D eigenvalue weighted by atomic mass is 16.4. The summed E-state index contributed by atoms with van der Waals surface area (Å²) in [5, 5.41) is 62.2. The van der Waals surface area contributed by atoms with E-state index in [1.54, 1.807) is 26.0 Å². The SMILES string of the molecule is CC[C@H](C)CCCCC/C=C\CC(=O)N[C@@H](CC(=O)O)C(=O)N[C@@H]1C(=O)N2CCCC[C@@H]2C(=O)N[C@@H]([C@@H](C)C(=O)O)C(=O)N[C@@H](CC(=O)O)C(=O)NCC(=O)N[C@@H](CC(=O)O)C(=O)NCC(=O)N[C@H]([C@H](C)N)C(=O)N[C@@H](C(C)C)C(=O)N2CCC[C@H]2C(=O)N[C@@H]1C. The fraction of sp³-hybridized carbons (Fsp3) is 0.690. The van der Waals surface area contributed by atoms with Crippen LogP contribution in [0.5, 0.6) is 0 Å². The van der Waals surface area contributed by atoms with Crippen LogP contribution in [0, 0.1) is 17.8 Å². The van der Waals surface area contributed by atoms with E-state index >= 15 is 4.79 Å². The lowest BCUT2D eigenvalue weighted by atomic mass is 9.96. The normalized spacial score (nSPS) is 25.6. The molecular weight excluding hydrogens is 1200 g/mol. The number of nitrogens with two attached hydrogens (primary N) is 1. The van der Waals surface area contributed by atoms with E-state index in [1.165, 1.54) is 13.8 Å². The molecule has 13 atom stereocenters. The van der Waals surface area contributed by atoms with E-state index in [4.69, 9.17) is 5.73 Å². The van der Waals surface area contributed by atoms with Gasteiger partial charge < -0.3 is 89.1 Å². The highest BCUT2D eigenvalue weighted by Crippen LogP contribution is 2.24. The van der Waals surface area contributed by atoms with Crippen molar-refractivity contribution >= 4 is 94.8 Å².